The highest BCUT2D eigenvalue weighted by Gasteiger charge is 2.18. The average molecular weight is 378 g/mol. The Kier molecular flexibility index (Phi) is 4.91. The zero-order valence-corrected chi connectivity index (χ0v) is 14.6. The molecule has 0 bridgehead atoms. The van der Waals surface area contributed by atoms with Crippen LogP contribution in [-0.4, -0.2) is 22.1 Å². The Balaban J connectivity index is 2.02. The summed E-state index contributed by atoms with van der Waals surface area (Å²) in [4.78, 5) is 20.6. The molecule has 0 spiro atoms. The Morgan fingerprint density at radius 2 is 2.08 bits per heavy atom. The number of nitrogen functional groups attached to an aromatic ring is 1. The van der Waals surface area contributed by atoms with Gasteiger partial charge in [-0.25, -0.2) is 14.4 Å². The number of hydrogen-bond acceptors (Lipinski definition) is 6. The van der Waals surface area contributed by atoms with Crippen LogP contribution in [-0.2, 0) is 0 Å². The molecule has 9 heteroatoms. The second-order valence-corrected chi connectivity index (χ2v) is 6.00. The van der Waals surface area contributed by atoms with Crippen molar-refractivity contribution in [3.05, 3.63) is 53.1 Å². The smallest absolute Gasteiger partial charge is 0.257 e. The van der Waals surface area contributed by atoms with Crippen molar-refractivity contribution in [1.29, 1.82) is 0 Å². The van der Waals surface area contributed by atoms with Gasteiger partial charge in [0.15, 0.2) is 0 Å². The molecule has 128 valence electrons. The van der Waals surface area contributed by atoms with Crippen molar-refractivity contribution >= 4 is 57.6 Å². The summed E-state index contributed by atoms with van der Waals surface area (Å²) in [5, 5.41) is 3.13. The molecule has 1 heterocycles. The lowest BCUT2D eigenvalue weighted by Gasteiger charge is -2.13. The quantitative estimate of drug-likeness (QED) is 0.596. The summed E-state index contributed by atoms with van der Waals surface area (Å²) in [6.07, 6.45) is 3.07. The van der Waals surface area contributed by atoms with Crippen molar-refractivity contribution in [3.8, 4) is 0 Å². The number of aromatic nitrogens is 2. The van der Waals surface area contributed by atoms with Gasteiger partial charge in [-0.2, -0.15) is 0 Å². The number of amides is 1. The van der Waals surface area contributed by atoms with Gasteiger partial charge in [-0.3, -0.25) is 4.79 Å². The normalized spacial score (nSPS) is 10.7. The fourth-order valence-corrected chi connectivity index (χ4v) is 3.02. The van der Waals surface area contributed by atoms with Crippen LogP contribution in [0.5, 0.6) is 0 Å². The highest BCUT2D eigenvalue weighted by Crippen LogP contribution is 2.34. The average Bonchev–Trinajstić information content (AvgIpc) is 2.61. The summed E-state index contributed by atoms with van der Waals surface area (Å²) in [5.41, 5.74) is 6.81. The van der Waals surface area contributed by atoms with Gasteiger partial charge < -0.3 is 15.8 Å². The third-order valence-corrected chi connectivity index (χ3v) is 4.30. The number of nitrogens with one attached hydrogen (secondary N) is 2. The van der Waals surface area contributed by atoms with E-state index in [0.29, 0.717) is 16.6 Å². The van der Waals surface area contributed by atoms with Gasteiger partial charge in [0.25, 0.3) is 5.91 Å². The van der Waals surface area contributed by atoms with Gasteiger partial charge in [0.2, 0.25) is 0 Å². The predicted octanol–water partition coefficient (Wildman–Crippen LogP) is 3.95. The molecule has 2 aromatic carbocycles. The van der Waals surface area contributed by atoms with Crippen molar-refractivity contribution in [2.75, 3.05) is 22.0 Å². The number of carbonyl (C=O) groups is 1. The van der Waals surface area contributed by atoms with Crippen LogP contribution in [0.4, 0.5) is 21.6 Å². The Hall–Kier alpha value is -2.58. The molecular weight excluding hydrogens is 365 g/mol. The van der Waals surface area contributed by atoms with E-state index in [1.807, 2.05) is 0 Å². The molecule has 0 saturated heterocycles. The van der Waals surface area contributed by atoms with E-state index in [0.717, 1.165) is 0 Å². The molecule has 0 atom stereocenters. The molecule has 0 fully saturated rings. The van der Waals surface area contributed by atoms with E-state index in [1.165, 1.54) is 30.4 Å². The topological polar surface area (TPSA) is 92.9 Å². The van der Waals surface area contributed by atoms with Crippen molar-refractivity contribution in [2.24, 2.45) is 0 Å². The van der Waals surface area contributed by atoms with Crippen LogP contribution in [0.3, 0.4) is 0 Å². The summed E-state index contributed by atoms with van der Waals surface area (Å²) in [5.74, 6) is -0.930. The Morgan fingerprint density at radius 3 is 2.84 bits per heavy atom. The van der Waals surface area contributed by atoms with Crippen molar-refractivity contribution < 1.29 is 9.18 Å². The minimum absolute atomic E-state index is 0.0806. The minimum atomic E-state index is -0.639. The number of fused-ring (bicyclic) bond motifs is 1. The molecule has 1 aromatic heterocycles. The molecule has 3 aromatic rings. The fourth-order valence-electron chi connectivity index (χ4n) is 2.33. The number of hydrogen-bond donors (Lipinski definition) is 3. The minimum Gasteiger partial charge on any atom is -0.383 e. The monoisotopic (exact) mass is 377 g/mol. The summed E-state index contributed by atoms with van der Waals surface area (Å²) in [6.45, 7) is 0. The van der Waals surface area contributed by atoms with Gasteiger partial charge in [-0.05, 0) is 24.3 Å². The Labute approximate surface area is 152 Å². The van der Waals surface area contributed by atoms with Gasteiger partial charge in [0.1, 0.15) is 18.0 Å². The zero-order valence-electron chi connectivity index (χ0n) is 13.0. The molecule has 6 nitrogen and oxygen atoms in total. The van der Waals surface area contributed by atoms with E-state index in [-0.39, 0.29) is 22.1 Å². The molecule has 4 N–H and O–H groups in total. The second kappa shape index (κ2) is 7.12. The summed E-state index contributed by atoms with van der Waals surface area (Å²) in [6, 6.07) is 7.65. The van der Waals surface area contributed by atoms with Gasteiger partial charge in [0.05, 0.1) is 27.5 Å². The molecule has 0 saturated carbocycles. The highest BCUT2D eigenvalue weighted by molar-refractivity contribution is 7.99. The van der Waals surface area contributed by atoms with Gasteiger partial charge in [-0.1, -0.05) is 29.6 Å². The van der Waals surface area contributed by atoms with Crippen LogP contribution in [0.1, 0.15) is 10.4 Å². The maximum atomic E-state index is 14.1. The van der Waals surface area contributed by atoms with Crippen molar-refractivity contribution in [2.45, 2.75) is 0 Å². The third kappa shape index (κ3) is 3.31. The lowest BCUT2D eigenvalue weighted by atomic mass is 10.1. The molecule has 0 aliphatic rings. The first kappa shape index (κ1) is 17.2. The number of rotatable bonds is 4. The van der Waals surface area contributed by atoms with Crippen LogP contribution in [0, 0.1) is 5.82 Å². The summed E-state index contributed by atoms with van der Waals surface area (Å²) >= 11 is 7.49. The Bertz CT molecular complexity index is 969. The first-order chi connectivity index (χ1) is 12.0. The standard InChI is InChI=1S/C16H13ClFN5OS/c1-25-23-11-6-5-10(18)14(12(11)17)22-16(24)9-4-2-3-8-13(9)20-7-21-15(8)19/h2-7,23H,1H3,(H,22,24)(H2,19,20,21). The molecule has 1 amide bonds. The maximum absolute atomic E-state index is 14.1. The Morgan fingerprint density at radius 1 is 1.28 bits per heavy atom. The van der Waals surface area contributed by atoms with E-state index < -0.39 is 11.7 Å². The maximum Gasteiger partial charge on any atom is 0.257 e. The summed E-state index contributed by atoms with van der Waals surface area (Å²) in [7, 11) is 0. The van der Waals surface area contributed by atoms with Crippen LogP contribution in [0.2, 0.25) is 5.02 Å². The molecule has 25 heavy (non-hydrogen) atoms. The van der Waals surface area contributed by atoms with Crippen LogP contribution >= 0.6 is 23.5 Å². The molecule has 0 aliphatic heterocycles. The fraction of sp³-hybridized carbons (Fsp3) is 0.0625. The SMILES string of the molecule is CSNc1ccc(F)c(NC(=O)c2cccc3c(N)ncnc23)c1Cl. The molecular formula is C16H13ClFN5OS. The molecule has 0 radical (unpaired) electrons. The first-order valence-electron chi connectivity index (χ1n) is 7.10. The van der Waals surface area contributed by atoms with E-state index >= 15 is 0 Å². The number of halogens is 2. The van der Waals surface area contributed by atoms with Gasteiger partial charge >= 0.3 is 0 Å². The zero-order chi connectivity index (χ0) is 18.0. The first-order valence-corrected chi connectivity index (χ1v) is 8.70. The van der Waals surface area contributed by atoms with Crippen molar-refractivity contribution in [1.82, 2.24) is 9.97 Å². The number of nitrogens with two attached hydrogens (primary N) is 1. The number of nitrogens with zero attached hydrogens (tertiary/aromatic N) is 2. The molecule has 0 unspecified atom stereocenters. The van der Waals surface area contributed by atoms with E-state index in [2.05, 4.69) is 20.0 Å². The van der Waals surface area contributed by atoms with E-state index in [4.69, 9.17) is 17.3 Å². The van der Waals surface area contributed by atoms with Crippen LogP contribution in [0.15, 0.2) is 36.7 Å². The number of carbonyl (C=O) groups excluding carboxylic acids is 1. The largest absolute Gasteiger partial charge is 0.383 e. The molecule has 3 rings (SSSR count). The van der Waals surface area contributed by atoms with E-state index in [1.54, 1.807) is 24.5 Å². The lowest BCUT2D eigenvalue weighted by Crippen LogP contribution is -2.15. The van der Waals surface area contributed by atoms with Crippen LogP contribution < -0.4 is 15.8 Å². The van der Waals surface area contributed by atoms with Crippen molar-refractivity contribution in [3.63, 3.8) is 0 Å². The highest BCUT2D eigenvalue weighted by atomic mass is 35.5. The van der Waals surface area contributed by atoms with Crippen LogP contribution in [0.25, 0.3) is 10.9 Å². The summed E-state index contributed by atoms with van der Waals surface area (Å²) < 4.78 is 17.1. The lowest BCUT2D eigenvalue weighted by molar-refractivity contribution is 0.102. The number of anilines is 3. The van der Waals surface area contributed by atoms with E-state index in [9.17, 15) is 9.18 Å². The van der Waals surface area contributed by atoms with Gasteiger partial charge in [-0.15, -0.1) is 0 Å². The number of benzene rings is 2. The van der Waals surface area contributed by atoms with Gasteiger partial charge in [0, 0.05) is 11.6 Å². The second-order valence-electron chi connectivity index (χ2n) is 5.00. The number of para-hydroxylation sites is 1. The predicted molar refractivity (Wildman–Crippen MR) is 100 cm³/mol. The third-order valence-electron chi connectivity index (χ3n) is 3.48. The molecule has 0 aliphatic carbocycles.